The first-order chi connectivity index (χ1) is 8.93. The number of carbonyl (C=O) groups is 2. The summed E-state index contributed by atoms with van der Waals surface area (Å²) in [6, 6.07) is 0. The number of carboxylic acids is 1. The van der Waals surface area contributed by atoms with E-state index in [1.807, 2.05) is 53.7 Å². The smallest absolute Gasteiger partial charge is 0.303 e. The van der Waals surface area contributed by atoms with Crippen molar-refractivity contribution in [2.24, 2.45) is 16.7 Å². The van der Waals surface area contributed by atoms with Gasteiger partial charge in [0.15, 0.2) is 5.78 Å². The van der Waals surface area contributed by atoms with Crippen LogP contribution in [0, 0.1) is 16.7 Å². The summed E-state index contributed by atoms with van der Waals surface area (Å²) in [5, 5.41) is 8.83. The molecular formula is C17H26O3. The highest BCUT2D eigenvalue weighted by atomic mass is 16.4. The highest BCUT2D eigenvalue weighted by Crippen LogP contribution is 2.40. The molecule has 0 amide bonds. The van der Waals surface area contributed by atoms with Gasteiger partial charge in [-0.05, 0) is 17.3 Å². The van der Waals surface area contributed by atoms with Crippen LogP contribution in [0.1, 0.15) is 54.4 Å². The minimum Gasteiger partial charge on any atom is -0.481 e. The summed E-state index contributed by atoms with van der Waals surface area (Å²) in [6.07, 6.45) is 4.44. The van der Waals surface area contributed by atoms with Crippen LogP contribution < -0.4 is 0 Å². The van der Waals surface area contributed by atoms with Crippen LogP contribution >= 0.6 is 0 Å². The van der Waals surface area contributed by atoms with E-state index in [1.54, 1.807) is 0 Å². The van der Waals surface area contributed by atoms with E-state index in [4.69, 9.17) is 5.11 Å². The topological polar surface area (TPSA) is 54.4 Å². The van der Waals surface area contributed by atoms with Gasteiger partial charge in [-0.25, -0.2) is 0 Å². The van der Waals surface area contributed by atoms with Crippen molar-refractivity contribution in [3.63, 3.8) is 0 Å². The lowest BCUT2D eigenvalue weighted by atomic mass is 9.68. The molecule has 20 heavy (non-hydrogen) atoms. The van der Waals surface area contributed by atoms with E-state index in [0.717, 1.165) is 11.1 Å². The van der Waals surface area contributed by atoms with Gasteiger partial charge in [0, 0.05) is 17.9 Å². The Hall–Kier alpha value is -1.38. The predicted octanol–water partition coefficient (Wildman–Crippen LogP) is 4.00. The zero-order valence-corrected chi connectivity index (χ0v) is 13.4. The number of carboxylic acid groups (broad SMARTS) is 1. The number of carbonyl (C=O) groups excluding carboxylic acids is 1. The van der Waals surface area contributed by atoms with Crippen LogP contribution in [-0.4, -0.2) is 16.9 Å². The molecule has 0 spiro atoms. The predicted molar refractivity (Wildman–Crippen MR) is 80.4 cm³/mol. The van der Waals surface area contributed by atoms with Crippen molar-refractivity contribution in [2.75, 3.05) is 0 Å². The van der Waals surface area contributed by atoms with Crippen LogP contribution in [0.4, 0.5) is 0 Å². The maximum atomic E-state index is 12.7. The number of Topliss-reactive ketones (excluding diaryl/α,β-unsaturated/α-hetero) is 1. The molecule has 0 saturated heterocycles. The molecule has 1 unspecified atom stereocenters. The van der Waals surface area contributed by atoms with Gasteiger partial charge in [0.25, 0.3) is 0 Å². The minimum atomic E-state index is -0.805. The molecule has 1 aliphatic carbocycles. The molecule has 1 rings (SSSR count). The van der Waals surface area contributed by atoms with Crippen LogP contribution in [0.15, 0.2) is 23.3 Å². The van der Waals surface area contributed by atoms with Crippen LogP contribution in [0.25, 0.3) is 0 Å². The number of allylic oxidation sites excluding steroid dienone is 4. The molecule has 112 valence electrons. The van der Waals surface area contributed by atoms with Crippen molar-refractivity contribution in [3.05, 3.63) is 23.3 Å². The third-order valence-corrected chi connectivity index (χ3v) is 3.63. The second-order valence-corrected chi connectivity index (χ2v) is 7.65. The van der Waals surface area contributed by atoms with Crippen molar-refractivity contribution < 1.29 is 14.7 Å². The van der Waals surface area contributed by atoms with Crippen LogP contribution in [0.3, 0.4) is 0 Å². The van der Waals surface area contributed by atoms with E-state index in [9.17, 15) is 9.59 Å². The summed E-state index contributed by atoms with van der Waals surface area (Å²) >= 11 is 0. The molecule has 0 fully saturated rings. The standard InChI is InChI=1S/C17H26O3/c1-16(2,3)12-9-11(7-8-14(18)19)10-13(15(12)20)17(4,5)6/h9-10,12H,7-8H2,1-6H3,(H,18,19). The highest BCUT2D eigenvalue weighted by molar-refractivity contribution is 6.01. The van der Waals surface area contributed by atoms with Crippen LogP contribution in [0.5, 0.6) is 0 Å². The summed E-state index contributed by atoms with van der Waals surface area (Å²) in [7, 11) is 0. The van der Waals surface area contributed by atoms with Gasteiger partial charge < -0.3 is 5.11 Å². The van der Waals surface area contributed by atoms with Crippen molar-refractivity contribution >= 4 is 11.8 Å². The summed E-state index contributed by atoms with van der Waals surface area (Å²) in [5.74, 6) is -0.810. The quantitative estimate of drug-likeness (QED) is 0.849. The summed E-state index contributed by atoms with van der Waals surface area (Å²) < 4.78 is 0. The fourth-order valence-corrected chi connectivity index (χ4v) is 2.40. The van der Waals surface area contributed by atoms with Gasteiger partial charge in [-0.15, -0.1) is 0 Å². The third-order valence-electron chi connectivity index (χ3n) is 3.63. The molecule has 0 aromatic carbocycles. The van der Waals surface area contributed by atoms with Crippen molar-refractivity contribution in [1.82, 2.24) is 0 Å². The number of ketones is 1. The zero-order valence-electron chi connectivity index (χ0n) is 13.4. The first-order valence-electron chi connectivity index (χ1n) is 7.12. The van der Waals surface area contributed by atoms with E-state index >= 15 is 0 Å². The van der Waals surface area contributed by atoms with E-state index in [-0.39, 0.29) is 29.0 Å². The van der Waals surface area contributed by atoms with Gasteiger partial charge >= 0.3 is 5.97 Å². The SMILES string of the molecule is CC(C)(C)C1=CC(CCC(=O)O)=CC(C(C)(C)C)C1=O. The van der Waals surface area contributed by atoms with Crippen molar-refractivity contribution in [1.29, 1.82) is 0 Å². The molecule has 0 radical (unpaired) electrons. The average Bonchev–Trinajstić information content (AvgIpc) is 2.24. The Morgan fingerprint density at radius 2 is 1.75 bits per heavy atom. The Bertz CT molecular complexity index is 467. The number of rotatable bonds is 3. The molecule has 0 aromatic heterocycles. The largest absolute Gasteiger partial charge is 0.481 e. The summed E-state index contributed by atoms with van der Waals surface area (Å²) in [5.41, 5.74) is 1.40. The Kier molecular flexibility index (Phi) is 4.62. The maximum absolute atomic E-state index is 12.7. The van der Waals surface area contributed by atoms with Gasteiger partial charge in [0.2, 0.25) is 0 Å². The van der Waals surface area contributed by atoms with Gasteiger partial charge in [-0.2, -0.15) is 0 Å². The zero-order chi connectivity index (χ0) is 15.7. The monoisotopic (exact) mass is 278 g/mol. The number of hydrogen-bond donors (Lipinski definition) is 1. The summed E-state index contributed by atoms with van der Waals surface area (Å²) in [6.45, 7) is 12.2. The van der Waals surface area contributed by atoms with Crippen molar-refractivity contribution in [2.45, 2.75) is 54.4 Å². The molecule has 0 aromatic rings. The highest BCUT2D eigenvalue weighted by Gasteiger charge is 2.37. The van der Waals surface area contributed by atoms with E-state index in [2.05, 4.69) is 0 Å². The molecule has 1 atom stereocenters. The first-order valence-corrected chi connectivity index (χ1v) is 7.12. The molecule has 0 saturated carbocycles. The van der Waals surface area contributed by atoms with Crippen LogP contribution in [0.2, 0.25) is 0 Å². The summed E-state index contributed by atoms with van der Waals surface area (Å²) in [4.78, 5) is 23.4. The number of aliphatic carboxylic acids is 1. The van der Waals surface area contributed by atoms with Gasteiger partial charge in [-0.1, -0.05) is 59.3 Å². The Morgan fingerprint density at radius 3 is 2.15 bits per heavy atom. The minimum absolute atomic E-state index is 0.102. The molecule has 0 heterocycles. The third kappa shape index (κ3) is 4.06. The molecule has 3 heteroatoms. The van der Waals surface area contributed by atoms with Gasteiger partial charge in [-0.3, -0.25) is 9.59 Å². The van der Waals surface area contributed by atoms with E-state index in [1.165, 1.54) is 0 Å². The molecular weight excluding hydrogens is 252 g/mol. The van der Waals surface area contributed by atoms with Crippen molar-refractivity contribution in [3.8, 4) is 0 Å². The fraction of sp³-hybridized carbons (Fsp3) is 0.647. The molecule has 1 N–H and O–H groups in total. The van der Waals surface area contributed by atoms with Crippen LogP contribution in [-0.2, 0) is 9.59 Å². The Morgan fingerprint density at radius 1 is 1.20 bits per heavy atom. The molecule has 1 aliphatic rings. The van der Waals surface area contributed by atoms with E-state index in [0.29, 0.717) is 6.42 Å². The lowest BCUT2D eigenvalue weighted by molar-refractivity contribution is -0.136. The van der Waals surface area contributed by atoms with E-state index < -0.39 is 5.97 Å². The first kappa shape index (κ1) is 16.7. The average molecular weight is 278 g/mol. The van der Waals surface area contributed by atoms with Gasteiger partial charge in [0.05, 0.1) is 0 Å². The van der Waals surface area contributed by atoms with Gasteiger partial charge in [0.1, 0.15) is 0 Å². The second kappa shape index (κ2) is 5.55. The lowest BCUT2D eigenvalue weighted by Gasteiger charge is -2.35. The molecule has 0 bridgehead atoms. The molecule has 3 nitrogen and oxygen atoms in total. The maximum Gasteiger partial charge on any atom is 0.303 e. The number of hydrogen-bond acceptors (Lipinski definition) is 2. The molecule has 0 aliphatic heterocycles. The second-order valence-electron chi connectivity index (χ2n) is 7.65. The normalized spacial score (nSPS) is 20.5. The lowest BCUT2D eigenvalue weighted by Crippen LogP contribution is -2.34. The fourth-order valence-electron chi connectivity index (χ4n) is 2.40. The Balaban J connectivity index is 3.17. The Labute approximate surface area is 121 Å².